The summed E-state index contributed by atoms with van der Waals surface area (Å²) in [6.45, 7) is -0.853. The molecule has 1 saturated heterocycles. The second-order valence-corrected chi connectivity index (χ2v) is 3.94. The zero-order chi connectivity index (χ0) is 14.0. The summed E-state index contributed by atoms with van der Waals surface area (Å²) in [5.41, 5.74) is 0.0642. The van der Waals surface area contributed by atoms with Gasteiger partial charge in [0.2, 0.25) is 6.10 Å². The Bertz CT molecular complexity index is 488. The minimum atomic E-state index is -3.96. The third-order valence-electron chi connectivity index (χ3n) is 2.65. The quantitative estimate of drug-likeness (QED) is 0.823. The van der Waals surface area contributed by atoms with Crippen LogP contribution in [0.5, 0.6) is 0 Å². The first-order valence-corrected chi connectivity index (χ1v) is 5.42. The lowest BCUT2D eigenvalue weighted by Gasteiger charge is -2.19. The number of esters is 2. The Morgan fingerprint density at radius 2 is 2.00 bits per heavy atom. The fraction of sp³-hybridized carbons (Fsp3) is 0.333. The van der Waals surface area contributed by atoms with Gasteiger partial charge in [0, 0.05) is 0 Å². The second kappa shape index (κ2) is 4.93. The van der Waals surface area contributed by atoms with E-state index in [0.29, 0.717) is 0 Å². The number of rotatable bonds is 3. The van der Waals surface area contributed by atoms with Crippen molar-refractivity contribution >= 4 is 11.9 Å². The van der Waals surface area contributed by atoms with Gasteiger partial charge in [-0.15, -0.1) is 0 Å². The zero-order valence-electron chi connectivity index (χ0n) is 9.58. The number of aliphatic hydroxyl groups is 1. The van der Waals surface area contributed by atoms with Crippen LogP contribution in [0.4, 0.5) is 8.78 Å². The van der Waals surface area contributed by atoms with Crippen LogP contribution in [0.3, 0.4) is 0 Å². The molecular weight excluding hydrogens is 262 g/mol. The van der Waals surface area contributed by atoms with E-state index in [0.717, 1.165) is 0 Å². The molecule has 1 aliphatic heterocycles. The molecule has 102 valence electrons. The van der Waals surface area contributed by atoms with Crippen molar-refractivity contribution in [3.8, 4) is 0 Å². The van der Waals surface area contributed by atoms with Crippen molar-refractivity contribution in [1.29, 1.82) is 0 Å². The van der Waals surface area contributed by atoms with E-state index < -0.39 is 36.7 Å². The monoisotopic (exact) mass is 272 g/mol. The van der Waals surface area contributed by atoms with Crippen molar-refractivity contribution in [1.82, 2.24) is 0 Å². The predicted molar refractivity (Wildman–Crippen MR) is 57.6 cm³/mol. The highest BCUT2D eigenvalue weighted by molar-refractivity contribution is 5.90. The van der Waals surface area contributed by atoms with Crippen molar-refractivity contribution < 1.29 is 33.0 Å². The van der Waals surface area contributed by atoms with Crippen molar-refractivity contribution in [2.45, 2.75) is 18.1 Å². The summed E-state index contributed by atoms with van der Waals surface area (Å²) in [4.78, 5) is 22.6. The van der Waals surface area contributed by atoms with Crippen molar-refractivity contribution in [2.24, 2.45) is 0 Å². The molecule has 0 saturated carbocycles. The molecule has 1 aromatic rings. The minimum Gasteiger partial charge on any atom is -0.451 e. The van der Waals surface area contributed by atoms with E-state index in [1.54, 1.807) is 6.07 Å². The highest BCUT2D eigenvalue weighted by atomic mass is 19.3. The van der Waals surface area contributed by atoms with Crippen LogP contribution in [0.2, 0.25) is 0 Å². The molecule has 7 heteroatoms. The Hall–Kier alpha value is -2.02. The molecule has 1 N–H and O–H groups in total. The first kappa shape index (κ1) is 13.4. The zero-order valence-corrected chi connectivity index (χ0v) is 9.58. The molecule has 1 heterocycles. The Kier molecular flexibility index (Phi) is 3.48. The van der Waals surface area contributed by atoms with Crippen LogP contribution in [0.15, 0.2) is 30.3 Å². The summed E-state index contributed by atoms with van der Waals surface area (Å²) in [6.07, 6.45) is -3.69. The molecule has 0 bridgehead atoms. The maximum Gasteiger partial charge on any atom is 0.382 e. The number of carbonyl (C=O) groups is 2. The van der Waals surface area contributed by atoms with Crippen LogP contribution in [0.25, 0.3) is 0 Å². The molecule has 0 spiro atoms. The van der Waals surface area contributed by atoms with Gasteiger partial charge in [0.1, 0.15) is 0 Å². The Balaban J connectivity index is 2.17. The third-order valence-corrected chi connectivity index (χ3v) is 2.65. The van der Waals surface area contributed by atoms with Crippen LogP contribution in [0, 0.1) is 0 Å². The number of ether oxygens (including phenoxy) is 2. The molecule has 1 aromatic carbocycles. The second-order valence-electron chi connectivity index (χ2n) is 3.94. The number of benzene rings is 1. The number of hydrogen-bond acceptors (Lipinski definition) is 5. The van der Waals surface area contributed by atoms with Gasteiger partial charge in [0.15, 0.2) is 6.10 Å². The van der Waals surface area contributed by atoms with Crippen LogP contribution in [-0.2, 0) is 14.3 Å². The van der Waals surface area contributed by atoms with Crippen LogP contribution >= 0.6 is 0 Å². The van der Waals surface area contributed by atoms with Gasteiger partial charge in [-0.05, 0) is 12.1 Å². The Morgan fingerprint density at radius 3 is 2.58 bits per heavy atom. The van der Waals surface area contributed by atoms with E-state index in [1.807, 2.05) is 0 Å². The summed E-state index contributed by atoms with van der Waals surface area (Å²) in [5, 5.41) is 8.87. The average molecular weight is 272 g/mol. The van der Waals surface area contributed by atoms with Crippen LogP contribution in [-0.4, -0.2) is 41.8 Å². The summed E-state index contributed by atoms with van der Waals surface area (Å²) in [6, 6.07) is 7.48. The maximum absolute atomic E-state index is 13.5. The predicted octanol–water partition coefficient (Wildman–Crippen LogP) is 0.765. The van der Waals surface area contributed by atoms with Crippen LogP contribution in [0.1, 0.15) is 10.4 Å². The Morgan fingerprint density at radius 1 is 1.37 bits per heavy atom. The number of carbonyl (C=O) groups excluding carboxylic acids is 2. The molecule has 1 unspecified atom stereocenters. The van der Waals surface area contributed by atoms with Gasteiger partial charge in [-0.3, -0.25) is 0 Å². The number of aliphatic hydroxyl groups excluding tert-OH is 1. The topological polar surface area (TPSA) is 72.8 Å². The first-order valence-electron chi connectivity index (χ1n) is 5.42. The normalized spacial score (nSPS) is 24.9. The molecule has 0 aromatic heterocycles. The fourth-order valence-electron chi connectivity index (χ4n) is 1.67. The van der Waals surface area contributed by atoms with Crippen molar-refractivity contribution in [3.05, 3.63) is 35.9 Å². The van der Waals surface area contributed by atoms with Gasteiger partial charge >= 0.3 is 17.9 Å². The van der Waals surface area contributed by atoms with Crippen molar-refractivity contribution in [2.75, 3.05) is 6.61 Å². The van der Waals surface area contributed by atoms with Gasteiger partial charge in [0.25, 0.3) is 0 Å². The molecule has 0 amide bonds. The Labute approximate surface area is 106 Å². The summed E-state index contributed by atoms with van der Waals surface area (Å²) in [5.74, 6) is -6.78. The molecule has 1 aliphatic rings. The smallest absolute Gasteiger partial charge is 0.382 e. The van der Waals surface area contributed by atoms with Gasteiger partial charge in [-0.25, -0.2) is 9.59 Å². The molecular formula is C12H10F2O5. The van der Waals surface area contributed by atoms with E-state index >= 15 is 0 Å². The fourth-order valence-corrected chi connectivity index (χ4v) is 1.67. The lowest BCUT2D eigenvalue weighted by molar-refractivity contribution is -0.163. The van der Waals surface area contributed by atoms with E-state index in [2.05, 4.69) is 9.47 Å². The highest BCUT2D eigenvalue weighted by Gasteiger charge is 2.62. The molecule has 1 fully saturated rings. The molecule has 19 heavy (non-hydrogen) atoms. The third kappa shape index (κ3) is 2.41. The largest absolute Gasteiger partial charge is 0.451 e. The summed E-state index contributed by atoms with van der Waals surface area (Å²) < 4.78 is 35.8. The van der Waals surface area contributed by atoms with Gasteiger partial charge < -0.3 is 14.6 Å². The average Bonchev–Trinajstić information content (AvgIpc) is 2.63. The van der Waals surface area contributed by atoms with E-state index in [-0.39, 0.29) is 5.56 Å². The molecule has 2 atom stereocenters. The first-order chi connectivity index (χ1) is 8.96. The summed E-state index contributed by atoms with van der Waals surface area (Å²) >= 11 is 0. The van der Waals surface area contributed by atoms with Crippen LogP contribution < -0.4 is 0 Å². The van der Waals surface area contributed by atoms with E-state index in [1.165, 1.54) is 24.3 Å². The number of hydrogen-bond donors (Lipinski definition) is 1. The maximum atomic E-state index is 13.5. The number of alkyl halides is 2. The summed E-state index contributed by atoms with van der Waals surface area (Å²) in [7, 11) is 0. The van der Waals surface area contributed by atoms with Gasteiger partial charge in [-0.1, -0.05) is 18.2 Å². The number of halogens is 2. The molecule has 2 rings (SSSR count). The molecule has 0 radical (unpaired) electrons. The lowest BCUT2D eigenvalue weighted by atomic mass is 10.1. The number of cyclic esters (lactones) is 1. The standard InChI is InChI=1S/C12H10F2O5/c13-12(14)9(8(6-15)18-11(12)17)19-10(16)7-4-2-1-3-5-7/h1-5,8-9,15H,6H2/t8-,9?/m1/s1. The van der Waals surface area contributed by atoms with Gasteiger partial charge in [0.05, 0.1) is 12.2 Å². The van der Waals surface area contributed by atoms with Crippen molar-refractivity contribution in [3.63, 3.8) is 0 Å². The van der Waals surface area contributed by atoms with E-state index in [4.69, 9.17) is 5.11 Å². The lowest BCUT2D eigenvalue weighted by Crippen LogP contribution is -2.42. The SMILES string of the molecule is O=C(OC1[C@@H](CO)OC(=O)C1(F)F)c1ccccc1. The molecule has 0 aliphatic carbocycles. The highest BCUT2D eigenvalue weighted by Crippen LogP contribution is 2.34. The molecule has 5 nitrogen and oxygen atoms in total. The minimum absolute atomic E-state index is 0.0642. The van der Waals surface area contributed by atoms with E-state index in [9.17, 15) is 18.4 Å². The van der Waals surface area contributed by atoms with Gasteiger partial charge in [-0.2, -0.15) is 8.78 Å².